The molecule has 1 aromatic heterocycles. The van der Waals surface area contributed by atoms with Crippen LogP contribution in [0.25, 0.3) is 0 Å². The molecule has 1 aliphatic rings. The average molecular weight is 387 g/mol. The number of para-hydroxylation sites is 1. The zero-order valence-electron chi connectivity index (χ0n) is 14.6. The van der Waals surface area contributed by atoms with E-state index in [1.165, 1.54) is 16.9 Å². The highest BCUT2D eigenvalue weighted by atomic mass is 16.5. The lowest BCUT2D eigenvalue weighted by Crippen LogP contribution is -2.53. The number of aromatic carboxylic acids is 1. The number of nitrogens with zero attached hydrogens (tertiary/aromatic N) is 3. The van der Waals surface area contributed by atoms with Crippen molar-refractivity contribution < 1.29 is 24.4 Å². The highest BCUT2D eigenvalue weighted by molar-refractivity contribution is 6.47. The molecule has 13 heteroatoms. The van der Waals surface area contributed by atoms with Crippen molar-refractivity contribution >= 4 is 25.0 Å². The van der Waals surface area contributed by atoms with Gasteiger partial charge in [-0.3, -0.25) is 10.2 Å². The van der Waals surface area contributed by atoms with Gasteiger partial charge in [-0.15, -0.1) is 5.10 Å². The Kier molecular flexibility index (Phi) is 5.45. The number of carboxylic acids is 1. The molecule has 0 saturated carbocycles. The summed E-state index contributed by atoms with van der Waals surface area (Å²) >= 11 is 0. The molecule has 0 aliphatic carbocycles. The topological polar surface area (TPSA) is 188 Å². The zero-order chi connectivity index (χ0) is 20.3. The summed E-state index contributed by atoms with van der Waals surface area (Å²) in [5.41, 5.74) is 6.22. The van der Waals surface area contributed by atoms with Crippen molar-refractivity contribution in [2.75, 3.05) is 0 Å². The number of aromatic nitrogens is 3. The summed E-state index contributed by atoms with van der Waals surface area (Å²) in [7, 11) is -1.39. The van der Waals surface area contributed by atoms with Crippen molar-refractivity contribution in [2.45, 2.75) is 25.5 Å². The Morgan fingerprint density at radius 2 is 2.25 bits per heavy atom. The molecule has 2 aromatic rings. The Labute approximate surface area is 159 Å². The van der Waals surface area contributed by atoms with Crippen molar-refractivity contribution in [1.82, 2.24) is 25.6 Å². The second-order valence-corrected chi connectivity index (χ2v) is 6.16. The highest BCUT2D eigenvalue weighted by Gasteiger charge is 2.37. The maximum atomic E-state index is 12.3. The second-order valence-electron chi connectivity index (χ2n) is 6.16. The van der Waals surface area contributed by atoms with Gasteiger partial charge in [-0.1, -0.05) is 17.3 Å². The molecular formula is C15H18BN7O5. The van der Waals surface area contributed by atoms with Crippen LogP contribution in [0.15, 0.2) is 24.4 Å². The van der Waals surface area contributed by atoms with Crippen LogP contribution in [-0.2, 0) is 24.3 Å². The second kappa shape index (κ2) is 7.96. The van der Waals surface area contributed by atoms with E-state index < -0.39 is 24.9 Å². The van der Waals surface area contributed by atoms with Gasteiger partial charge in [-0.05, 0) is 18.1 Å². The van der Waals surface area contributed by atoms with Crippen LogP contribution in [0, 0.1) is 5.41 Å². The summed E-state index contributed by atoms with van der Waals surface area (Å²) in [4.78, 5) is 23.5. The molecule has 3 rings (SSSR count). The summed E-state index contributed by atoms with van der Waals surface area (Å²) < 4.78 is 6.64. The molecule has 0 radical (unpaired) electrons. The molecule has 1 unspecified atom stereocenters. The maximum Gasteiger partial charge on any atom is 0.547 e. The molecule has 28 heavy (non-hydrogen) atoms. The molecule has 1 amide bonds. The summed E-state index contributed by atoms with van der Waals surface area (Å²) in [6.07, 6.45) is 1.74. The fraction of sp³-hybridized carbons (Fsp3) is 0.267. The van der Waals surface area contributed by atoms with Crippen LogP contribution in [0.4, 0.5) is 0 Å². The monoisotopic (exact) mass is 387 g/mol. The molecular weight excluding hydrogens is 369 g/mol. The summed E-state index contributed by atoms with van der Waals surface area (Å²) in [5.74, 6) is -2.43. The smallest absolute Gasteiger partial charge is 0.534 e. The first-order valence-electron chi connectivity index (χ1n) is 8.29. The Hall–Kier alpha value is -3.61. The summed E-state index contributed by atoms with van der Waals surface area (Å²) in [6, 6.07) is 4.64. The third-order valence-corrected chi connectivity index (χ3v) is 4.05. The number of carboxylic acid groups (broad SMARTS) is 1. The number of nitrogens with two attached hydrogens (primary N) is 1. The molecule has 0 saturated heterocycles. The van der Waals surface area contributed by atoms with E-state index in [9.17, 15) is 19.7 Å². The number of amides is 1. The Bertz CT molecular complexity index is 918. The molecule has 12 nitrogen and oxygen atoms in total. The molecule has 0 bridgehead atoms. The molecule has 146 valence electrons. The molecule has 0 spiro atoms. The van der Waals surface area contributed by atoms with Crippen molar-refractivity contribution in [3.8, 4) is 5.75 Å². The van der Waals surface area contributed by atoms with Gasteiger partial charge in [0.05, 0.1) is 24.2 Å². The van der Waals surface area contributed by atoms with Crippen molar-refractivity contribution in [3.05, 3.63) is 41.2 Å². The number of hydrogen-bond donors (Lipinski definition) is 6. The number of guanidine groups is 1. The van der Waals surface area contributed by atoms with Gasteiger partial charge in [0.25, 0.3) is 0 Å². The highest BCUT2D eigenvalue weighted by Crippen LogP contribution is 2.30. The van der Waals surface area contributed by atoms with Crippen molar-refractivity contribution in [2.24, 2.45) is 5.73 Å². The van der Waals surface area contributed by atoms with E-state index >= 15 is 0 Å². The minimum absolute atomic E-state index is 0.0457. The third-order valence-electron chi connectivity index (χ3n) is 4.05. The van der Waals surface area contributed by atoms with Crippen LogP contribution in [0.3, 0.4) is 0 Å². The van der Waals surface area contributed by atoms with Crippen molar-refractivity contribution in [3.63, 3.8) is 0 Å². The van der Waals surface area contributed by atoms with Gasteiger partial charge < -0.3 is 31.2 Å². The summed E-state index contributed by atoms with van der Waals surface area (Å²) in [6.45, 7) is 0.0626. The van der Waals surface area contributed by atoms with Gasteiger partial charge in [0.15, 0.2) is 5.96 Å². The van der Waals surface area contributed by atoms with E-state index in [2.05, 4.69) is 20.9 Å². The van der Waals surface area contributed by atoms with Crippen LogP contribution in [0.2, 0.25) is 0 Å². The number of benzene rings is 1. The van der Waals surface area contributed by atoms with Gasteiger partial charge in [-0.25, -0.2) is 9.48 Å². The molecule has 1 atom stereocenters. The van der Waals surface area contributed by atoms with Gasteiger partial charge in [0.2, 0.25) is 5.91 Å². The minimum Gasteiger partial charge on any atom is -0.534 e. The van der Waals surface area contributed by atoms with E-state index in [0.717, 1.165) is 0 Å². The molecule has 1 aromatic carbocycles. The van der Waals surface area contributed by atoms with Crippen molar-refractivity contribution in [1.29, 1.82) is 5.41 Å². The largest absolute Gasteiger partial charge is 0.547 e. The van der Waals surface area contributed by atoms with E-state index in [1.54, 1.807) is 12.1 Å². The van der Waals surface area contributed by atoms with Gasteiger partial charge >= 0.3 is 13.1 Å². The van der Waals surface area contributed by atoms with Crippen LogP contribution >= 0.6 is 0 Å². The van der Waals surface area contributed by atoms with Gasteiger partial charge in [0, 0.05) is 0 Å². The Morgan fingerprint density at radius 1 is 1.46 bits per heavy atom. The van der Waals surface area contributed by atoms with E-state index in [4.69, 9.17) is 15.8 Å². The predicted octanol–water partition coefficient (Wildman–Crippen LogP) is -1.90. The predicted molar refractivity (Wildman–Crippen MR) is 96.4 cm³/mol. The van der Waals surface area contributed by atoms with Gasteiger partial charge in [0.1, 0.15) is 18.0 Å². The maximum absolute atomic E-state index is 12.3. The lowest BCUT2D eigenvalue weighted by atomic mass is 9.72. The lowest BCUT2D eigenvalue weighted by Gasteiger charge is -2.28. The van der Waals surface area contributed by atoms with Crippen LogP contribution in [0.1, 0.15) is 21.6 Å². The molecule has 1 aliphatic heterocycles. The first kappa shape index (κ1) is 19.2. The van der Waals surface area contributed by atoms with Gasteiger partial charge in [-0.2, -0.15) is 0 Å². The number of rotatable bonds is 6. The fourth-order valence-electron chi connectivity index (χ4n) is 2.80. The van der Waals surface area contributed by atoms with E-state index in [0.29, 0.717) is 11.3 Å². The summed E-state index contributed by atoms with van der Waals surface area (Å²) in [5, 5.41) is 39.3. The molecule has 7 N–H and O–H groups in total. The number of carbonyl (C=O) groups is 2. The number of fused-ring (bicyclic) bond motifs is 1. The Morgan fingerprint density at radius 3 is 2.96 bits per heavy atom. The van der Waals surface area contributed by atoms with Crippen LogP contribution in [-0.4, -0.2) is 56.0 Å². The number of carbonyl (C=O) groups excluding carboxylic acids is 1. The molecule has 2 heterocycles. The van der Waals surface area contributed by atoms with Crippen LogP contribution in [0.5, 0.6) is 5.75 Å². The minimum atomic E-state index is -1.39. The number of nitrogens with one attached hydrogen (secondary N) is 3. The zero-order valence-corrected chi connectivity index (χ0v) is 14.6. The van der Waals surface area contributed by atoms with E-state index in [-0.39, 0.29) is 36.8 Å². The first-order chi connectivity index (χ1) is 13.3. The third kappa shape index (κ3) is 4.38. The van der Waals surface area contributed by atoms with E-state index in [1.807, 2.05) is 0 Å². The normalized spacial score (nSPS) is 15.3. The van der Waals surface area contributed by atoms with Crippen LogP contribution < -0.4 is 21.0 Å². The quantitative estimate of drug-likeness (QED) is 0.187. The number of hydrogen-bond acceptors (Lipinski definition) is 7. The Balaban J connectivity index is 1.61. The lowest BCUT2D eigenvalue weighted by molar-refractivity contribution is -0.122. The standard InChI is InChI=1S/C15H18BN7O5/c17-15(18)19-5-9-6-23(22-21-9)7-12(24)20-11-4-8-2-1-3-10(14(25)26)13(8)28-16(11)27/h1-3,6,11,27H,4-5,7H2,(H,20,24)(H,25,26)(H4,17,18,19). The first-order valence-corrected chi connectivity index (χ1v) is 8.29. The SMILES string of the molecule is N=C(N)NCc1cn(CC(=O)NC2Cc3cccc(C(=O)O)c3OB2O)nn1. The fourth-order valence-corrected chi connectivity index (χ4v) is 2.80. The molecule has 0 fully saturated rings. The average Bonchev–Trinajstić information content (AvgIpc) is 3.07.